The third-order valence-corrected chi connectivity index (χ3v) is 5.95. The van der Waals surface area contributed by atoms with Crippen LogP contribution in [0.5, 0.6) is 0 Å². The number of carboxylic acids is 1. The molecule has 31 heavy (non-hydrogen) atoms. The Morgan fingerprint density at radius 3 is 2.42 bits per heavy atom. The van der Waals surface area contributed by atoms with E-state index in [0.717, 1.165) is 33.8 Å². The molecular weight excluding hydrogens is 427 g/mol. The Kier molecular flexibility index (Phi) is 6.79. The van der Waals surface area contributed by atoms with E-state index in [1.807, 2.05) is 39.0 Å². The first kappa shape index (κ1) is 22.9. The summed E-state index contributed by atoms with van der Waals surface area (Å²) in [5, 5.41) is 8.90. The molecule has 3 rings (SSSR count). The summed E-state index contributed by atoms with van der Waals surface area (Å²) in [5.41, 5.74) is 2.19. The third kappa shape index (κ3) is 5.50. The fraction of sp³-hybridized carbons (Fsp3) is 0.304. The predicted molar refractivity (Wildman–Crippen MR) is 113 cm³/mol. The van der Waals surface area contributed by atoms with Gasteiger partial charge in [0.15, 0.2) is 0 Å². The zero-order valence-corrected chi connectivity index (χ0v) is 18.1. The average molecular weight is 449 g/mol. The summed E-state index contributed by atoms with van der Waals surface area (Å²) in [6.07, 6.45) is -3.79. The van der Waals surface area contributed by atoms with Crippen LogP contribution in [0.25, 0.3) is 11.5 Å². The summed E-state index contributed by atoms with van der Waals surface area (Å²) in [5.74, 6) is 0.0950. The van der Waals surface area contributed by atoms with Crippen LogP contribution in [-0.2, 0) is 23.8 Å². The maximum Gasteiger partial charge on any atom is 0.416 e. The molecule has 0 fully saturated rings. The minimum atomic E-state index is -4.39. The zero-order valence-electron chi connectivity index (χ0n) is 17.3. The van der Waals surface area contributed by atoms with E-state index in [1.54, 1.807) is 11.8 Å². The summed E-state index contributed by atoms with van der Waals surface area (Å²) in [7, 11) is 0. The summed E-state index contributed by atoms with van der Waals surface area (Å²) >= 11 is 1.55. The van der Waals surface area contributed by atoms with Gasteiger partial charge in [0, 0.05) is 10.5 Å². The molecule has 0 aliphatic carbocycles. The van der Waals surface area contributed by atoms with E-state index in [-0.39, 0.29) is 11.7 Å². The van der Waals surface area contributed by atoms with Crippen LogP contribution in [-0.4, -0.2) is 16.1 Å². The SMILES string of the molecule is CCc1nc(-c2ccc(C(F)(F)F)cc2)oc1[C@@H](C)Sc1ccc(CC(=O)O)c(C)c1. The van der Waals surface area contributed by atoms with Crippen LogP contribution in [0, 0.1) is 6.92 Å². The molecule has 0 radical (unpaired) electrons. The van der Waals surface area contributed by atoms with Crippen LogP contribution in [0.2, 0.25) is 0 Å². The second-order valence-corrected chi connectivity index (χ2v) is 8.59. The highest BCUT2D eigenvalue weighted by Gasteiger charge is 2.30. The summed E-state index contributed by atoms with van der Waals surface area (Å²) in [4.78, 5) is 16.4. The fourth-order valence-electron chi connectivity index (χ4n) is 3.22. The summed E-state index contributed by atoms with van der Waals surface area (Å²) in [6, 6.07) is 10.4. The lowest BCUT2D eigenvalue weighted by molar-refractivity contribution is -0.138. The monoisotopic (exact) mass is 449 g/mol. The first-order valence-electron chi connectivity index (χ1n) is 9.73. The summed E-state index contributed by atoms with van der Waals surface area (Å²) < 4.78 is 44.4. The van der Waals surface area contributed by atoms with Gasteiger partial charge in [-0.2, -0.15) is 13.2 Å². The second-order valence-electron chi connectivity index (χ2n) is 7.18. The van der Waals surface area contributed by atoms with Gasteiger partial charge in [0.2, 0.25) is 5.89 Å². The lowest BCUT2D eigenvalue weighted by Gasteiger charge is -2.12. The van der Waals surface area contributed by atoms with Gasteiger partial charge in [0.1, 0.15) is 5.76 Å². The van der Waals surface area contributed by atoms with E-state index in [4.69, 9.17) is 9.52 Å². The third-order valence-electron chi connectivity index (χ3n) is 4.86. The number of hydrogen-bond acceptors (Lipinski definition) is 4. The van der Waals surface area contributed by atoms with E-state index in [2.05, 4.69) is 4.98 Å². The smallest absolute Gasteiger partial charge is 0.416 e. The van der Waals surface area contributed by atoms with Gasteiger partial charge in [-0.3, -0.25) is 4.79 Å². The van der Waals surface area contributed by atoms with Crippen molar-refractivity contribution < 1.29 is 27.5 Å². The lowest BCUT2D eigenvalue weighted by Crippen LogP contribution is -2.03. The fourth-order valence-corrected chi connectivity index (χ4v) is 4.31. The van der Waals surface area contributed by atoms with Crippen molar-refractivity contribution in [1.82, 2.24) is 4.98 Å². The van der Waals surface area contributed by atoms with Crippen molar-refractivity contribution in [3.63, 3.8) is 0 Å². The Bertz CT molecular complexity index is 1070. The van der Waals surface area contributed by atoms with Crippen LogP contribution < -0.4 is 0 Å². The molecule has 1 heterocycles. The van der Waals surface area contributed by atoms with Crippen LogP contribution in [0.3, 0.4) is 0 Å². The number of aliphatic carboxylic acids is 1. The van der Waals surface area contributed by atoms with E-state index in [1.165, 1.54) is 12.1 Å². The number of aromatic nitrogens is 1. The number of rotatable bonds is 7. The van der Waals surface area contributed by atoms with Gasteiger partial charge in [-0.15, -0.1) is 11.8 Å². The Balaban J connectivity index is 1.82. The minimum Gasteiger partial charge on any atom is -0.481 e. The first-order chi connectivity index (χ1) is 14.6. The molecular formula is C23H22F3NO3S. The Hall–Kier alpha value is -2.74. The number of halogens is 3. The molecule has 8 heteroatoms. The molecule has 4 nitrogen and oxygen atoms in total. The van der Waals surface area contributed by atoms with Crippen molar-refractivity contribution in [2.75, 3.05) is 0 Å². The van der Waals surface area contributed by atoms with Gasteiger partial charge >= 0.3 is 12.1 Å². The Morgan fingerprint density at radius 1 is 1.19 bits per heavy atom. The highest BCUT2D eigenvalue weighted by atomic mass is 32.2. The van der Waals surface area contributed by atoms with Crippen molar-refractivity contribution in [3.05, 3.63) is 70.6 Å². The second kappa shape index (κ2) is 9.18. The number of nitrogens with zero attached hydrogens (tertiary/aromatic N) is 1. The van der Waals surface area contributed by atoms with E-state index >= 15 is 0 Å². The number of carbonyl (C=O) groups is 1. The van der Waals surface area contributed by atoms with Gasteiger partial charge in [-0.25, -0.2) is 4.98 Å². The standard InChI is InChI=1S/C23H22F3NO3S/c1-4-19-21(14(3)31-18-10-7-16(12-20(28)29)13(2)11-18)30-22(27-19)15-5-8-17(9-6-15)23(24,25)26/h5-11,14H,4,12H2,1-3H3,(H,28,29)/t14-/m1/s1. The van der Waals surface area contributed by atoms with Crippen molar-refractivity contribution in [2.24, 2.45) is 0 Å². The van der Waals surface area contributed by atoms with Crippen LogP contribution in [0.15, 0.2) is 51.8 Å². The van der Waals surface area contributed by atoms with Crippen molar-refractivity contribution in [1.29, 1.82) is 0 Å². The molecule has 0 aliphatic rings. The van der Waals surface area contributed by atoms with Gasteiger partial charge in [0.05, 0.1) is 22.9 Å². The molecule has 0 unspecified atom stereocenters. The maximum absolute atomic E-state index is 12.8. The average Bonchev–Trinajstić information content (AvgIpc) is 3.14. The molecule has 0 saturated heterocycles. The van der Waals surface area contributed by atoms with Crippen molar-refractivity contribution in [2.45, 2.75) is 49.9 Å². The Morgan fingerprint density at radius 2 is 1.87 bits per heavy atom. The Labute approximate surface area is 182 Å². The molecule has 1 aromatic heterocycles. The quantitative estimate of drug-likeness (QED) is 0.406. The lowest BCUT2D eigenvalue weighted by atomic mass is 10.1. The number of alkyl halides is 3. The van der Waals surface area contributed by atoms with Crippen molar-refractivity contribution in [3.8, 4) is 11.5 Å². The van der Waals surface area contributed by atoms with E-state index < -0.39 is 17.7 Å². The molecule has 0 bridgehead atoms. The van der Waals surface area contributed by atoms with E-state index in [0.29, 0.717) is 23.6 Å². The number of thioether (sulfide) groups is 1. The largest absolute Gasteiger partial charge is 0.481 e. The number of benzene rings is 2. The maximum atomic E-state index is 12.8. The molecule has 1 N–H and O–H groups in total. The number of aryl methyl sites for hydroxylation is 2. The van der Waals surface area contributed by atoms with Gasteiger partial charge in [-0.05, 0) is 67.8 Å². The topological polar surface area (TPSA) is 63.3 Å². The zero-order chi connectivity index (χ0) is 22.8. The van der Waals surface area contributed by atoms with Gasteiger partial charge in [0.25, 0.3) is 0 Å². The van der Waals surface area contributed by atoms with Crippen LogP contribution in [0.4, 0.5) is 13.2 Å². The molecule has 0 spiro atoms. The van der Waals surface area contributed by atoms with Gasteiger partial charge in [-0.1, -0.05) is 13.0 Å². The molecule has 164 valence electrons. The number of oxazole rings is 1. The molecule has 0 amide bonds. The molecule has 3 aromatic rings. The predicted octanol–water partition coefficient (Wildman–Crippen LogP) is 6.71. The van der Waals surface area contributed by atoms with Gasteiger partial charge < -0.3 is 9.52 Å². The molecule has 1 atom stereocenters. The first-order valence-corrected chi connectivity index (χ1v) is 10.6. The minimum absolute atomic E-state index is 0.0229. The highest BCUT2D eigenvalue weighted by Crippen LogP contribution is 2.39. The van der Waals surface area contributed by atoms with Crippen molar-refractivity contribution >= 4 is 17.7 Å². The molecule has 0 saturated carbocycles. The molecule has 0 aliphatic heterocycles. The van der Waals surface area contributed by atoms with Crippen LogP contribution >= 0.6 is 11.8 Å². The number of carboxylic acid groups (broad SMARTS) is 1. The normalized spacial score (nSPS) is 12.7. The summed E-state index contributed by atoms with van der Waals surface area (Å²) in [6.45, 7) is 5.79. The van der Waals surface area contributed by atoms with E-state index in [9.17, 15) is 18.0 Å². The highest BCUT2D eigenvalue weighted by molar-refractivity contribution is 7.99. The van der Waals surface area contributed by atoms with Crippen LogP contribution in [0.1, 0.15) is 47.2 Å². The molecule has 2 aromatic carbocycles. The number of hydrogen-bond donors (Lipinski definition) is 1.